The van der Waals surface area contributed by atoms with Gasteiger partial charge in [0.25, 0.3) is 0 Å². The summed E-state index contributed by atoms with van der Waals surface area (Å²) in [6.45, 7) is 19.1. The molecule has 50 heavy (non-hydrogen) atoms. The third-order valence-corrected chi connectivity index (χ3v) is 8.04. The molecule has 2 aromatic rings. The van der Waals surface area contributed by atoms with Gasteiger partial charge in [-0.25, -0.2) is 0 Å². The molecule has 11 nitrogen and oxygen atoms in total. The van der Waals surface area contributed by atoms with E-state index in [-0.39, 0.29) is 0 Å². The van der Waals surface area contributed by atoms with Crippen LogP contribution < -0.4 is 9.80 Å². The van der Waals surface area contributed by atoms with Crippen LogP contribution in [0.1, 0.15) is 130 Å². The van der Waals surface area contributed by atoms with E-state index >= 15 is 0 Å². The molecule has 0 radical (unpaired) electrons. The van der Waals surface area contributed by atoms with Crippen molar-refractivity contribution in [1.82, 2.24) is 15.0 Å². The molecule has 2 rings (SSSR count). The Bertz CT molecular complexity index is 1040. The van der Waals surface area contributed by atoms with Crippen molar-refractivity contribution in [2.75, 3.05) is 76.4 Å². The average molecular weight is 704 g/mol. The van der Waals surface area contributed by atoms with E-state index in [1.54, 1.807) is 0 Å². The fourth-order valence-corrected chi connectivity index (χ4v) is 4.75. The number of rotatable bonds is 33. The zero-order chi connectivity index (χ0) is 36.1. The number of unbranched alkanes of at least 4 members (excludes halogenated alkanes) is 6. The summed E-state index contributed by atoms with van der Waals surface area (Å²) in [6.07, 6.45) is 12.3. The first-order chi connectivity index (χ1) is 24.6. The highest BCUT2D eigenvalue weighted by molar-refractivity contribution is 5.64. The fraction of sp³-hybridized carbons (Fsp3) is 0.769. The summed E-state index contributed by atoms with van der Waals surface area (Å²) in [7, 11) is 0. The largest absolute Gasteiger partial charge is 0.377 e. The minimum Gasteiger partial charge on any atom is -0.377 e. The maximum Gasteiger partial charge on any atom is 0.234 e. The molecule has 0 N–H and O–H groups in total. The third-order valence-electron chi connectivity index (χ3n) is 8.04. The molecule has 1 aromatic carbocycles. The molecule has 0 bridgehead atoms. The van der Waals surface area contributed by atoms with Gasteiger partial charge in [0, 0.05) is 45.2 Å². The Hall–Kier alpha value is -2.41. The van der Waals surface area contributed by atoms with Crippen LogP contribution in [0.25, 0.3) is 11.4 Å². The number of aromatic nitrogens is 3. The van der Waals surface area contributed by atoms with Crippen LogP contribution >= 0.6 is 0 Å². The lowest BCUT2D eigenvalue weighted by molar-refractivity contribution is 0.0795. The van der Waals surface area contributed by atoms with Crippen molar-refractivity contribution in [3.63, 3.8) is 0 Å². The summed E-state index contributed by atoms with van der Waals surface area (Å²) in [6, 6.07) is 6.23. The van der Waals surface area contributed by atoms with Gasteiger partial charge in [-0.15, -0.1) is 0 Å². The summed E-state index contributed by atoms with van der Waals surface area (Å²) in [4.78, 5) is 19.1. The van der Waals surface area contributed by atoms with Gasteiger partial charge >= 0.3 is 0 Å². The van der Waals surface area contributed by atoms with Crippen LogP contribution in [-0.4, -0.2) is 81.5 Å². The van der Waals surface area contributed by atoms with Gasteiger partial charge in [-0.1, -0.05) is 98.3 Å². The second-order valence-corrected chi connectivity index (χ2v) is 12.7. The summed E-state index contributed by atoms with van der Waals surface area (Å²) < 4.78 is 36.8. The molecule has 0 aliphatic rings. The Morgan fingerprint density at radius 3 is 1.24 bits per heavy atom. The molecule has 1 aromatic heterocycles. The van der Waals surface area contributed by atoms with Gasteiger partial charge in [0.2, 0.25) is 11.9 Å². The first-order valence-corrected chi connectivity index (χ1v) is 19.5. The highest BCUT2D eigenvalue weighted by atomic mass is 16.5. The second kappa shape index (κ2) is 29.2. The molecule has 0 fully saturated rings. The maximum absolute atomic E-state index is 6.22. The lowest BCUT2D eigenvalue weighted by Gasteiger charge is -2.27. The van der Waals surface area contributed by atoms with Crippen LogP contribution in [0, 0.1) is 0 Å². The van der Waals surface area contributed by atoms with E-state index in [0.29, 0.717) is 97.5 Å². The monoisotopic (exact) mass is 704 g/mol. The van der Waals surface area contributed by atoms with Crippen molar-refractivity contribution in [1.29, 1.82) is 0 Å². The van der Waals surface area contributed by atoms with Crippen molar-refractivity contribution in [2.45, 2.75) is 132 Å². The number of benzene rings is 1. The first kappa shape index (κ1) is 43.8. The van der Waals surface area contributed by atoms with Crippen molar-refractivity contribution < 1.29 is 28.4 Å². The Morgan fingerprint density at radius 2 is 0.840 bits per heavy atom. The maximum atomic E-state index is 6.22. The van der Waals surface area contributed by atoms with Crippen LogP contribution in [0.2, 0.25) is 0 Å². The predicted octanol–water partition coefficient (Wildman–Crippen LogP) is 8.88. The molecule has 11 heteroatoms. The van der Waals surface area contributed by atoms with Gasteiger partial charge in [-0.3, -0.25) is 9.80 Å². The number of hydrogen-bond acceptors (Lipinski definition) is 11. The van der Waals surface area contributed by atoms with Gasteiger partial charge in [0.15, 0.2) is 5.82 Å². The average Bonchev–Trinajstić information content (AvgIpc) is 3.14. The normalized spacial score (nSPS) is 11.4. The van der Waals surface area contributed by atoms with Gasteiger partial charge in [0.1, 0.15) is 26.9 Å². The number of nitrogens with zero attached hydrogens (tertiary/aromatic N) is 5. The molecule has 0 saturated heterocycles. The number of ether oxygens (including phenoxy) is 6. The first-order valence-electron chi connectivity index (χ1n) is 19.5. The molecule has 0 atom stereocenters. The molecule has 0 unspecified atom stereocenters. The number of anilines is 2. The molecule has 0 aliphatic heterocycles. The Labute approximate surface area is 303 Å². The van der Waals surface area contributed by atoms with E-state index in [9.17, 15) is 0 Å². The molecule has 0 aliphatic carbocycles. The van der Waals surface area contributed by atoms with E-state index < -0.39 is 0 Å². The van der Waals surface area contributed by atoms with Gasteiger partial charge < -0.3 is 28.4 Å². The van der Waals surface area contributed by atoms with Crippen LogP contribution in [0.3, 0.4) is 0 Å². The van der Waals surface area contributed by atoms with Gasteiger partial charge in [0.05, 0.1) is 13.2 Å². The SMILES string of the molecule is CCCCOCc1cccc(-c2nc(N(COCCCC)COCCCC)nc(N(COCCCC)COCCCC)n2)c1COCCCC. The summed E-state index contributed by atoms with van der Waals surface area (Å²) in [5.41, 5.74) is 2.99. The molecule has 286 valence electrons. The highest BCUT2D eigenvalue weighted by Gasteiger charge is 2.22. The van der Waals surface area contributed by atoms with Gasteiger partial charge in [-0.05, 0) is 49.7 Å². The molecule has 1 heterocycles. The molecular weight excluding hydrogens is 634 g/mol. The van der Waals surface area contributed by atoms with Crippen molar-refractivity contribution in [3.05, 3.63) is 29.3 Å². The topological polar surface area (TPSA) is 101 Å². The van der Waals surface area contributed by atoms with Crippen molar-refractivity contribution >= 4 is 11.9 Å². The Morgan fingerprint density at radius 1 is 0.460 bits per heavy atom. The van der Waals surface area contributed by atoms with E-state index in [1.165, 1.54) is 0 Å². The van der Waals surface area contributed by atoms with E-state index in [1.807, 2.05) is 15.9 Å². The molecule has 0 saturated carbocycles. The molecular formula is C39H69N5O6. The lowest BCUT2D eigenvalue weighted by atomic mass is 10.0. The quantitative estimate of drug-likeness (QED) is 0.0526. The third kappa shape index (κ3) is 17.7. The van der Waals surface area contributed by atoms with Crippen molar-refractivity contribution in [2.24, 2.45) is 0 Å². The van der Waals surface area contributed by atoms with Crippen LogP contribution in [0.15, 0.2) is 18.2 Å². The molecule has 0 spiro atoms. The van der Waals surface area contributed by atoms with Crippen molar-refractivity contribution in [3.8, 4) is 11.4 Å². The van der Waals surface area contributed by atoms with Crippen LogP contribution in [-0.2, 0) is 41.6 Å². The standard InChI is InChI=1S/C39H69N5O6/c1-7-13-22-45-28-34-20-19-21-35(36(34)29-46-23-14-8-2)37-40-38(43(30-47-24-15-9-3)31-48-25-16-10-4)42-39(41-37)44(32-49-26-17-11-5)33-50-27-18-12-6/h19-21H,7-18,22-33H2,1-6H3. The number of hydrogen-bond donors (Lipinski definition) is 0. The highest BCUT2D eigenvalue weighted by Crippen LogP contribution is 2.29. The minimum atomic E-state index is 0.299. The summed E-state index contributed by atoms with van der Waals surface area (Å²) >= 11 is 0. The predicted molar refractivity (Wildman–Crippen MR) is 202 cm³/mol. The van der Waals surface area contributed by atoms with E-state index in [4.69, 9.17) is 43.4 Å². The summed E-state index contributed by atoms with van der Waals surface area (Å²) in [5, 5.41) is 0. The van der Waals surface area contributed by atoms with Crippen LogP contribution in [0.4, 0.5) is 11.9 Å². The van der Waals surface area contributed by atoms with Gasteiger partial charge in [-0.2, -0.15) is 15.0 Å². The van der Waals surface area contributed by atoms with Crippen LogP contribution in [0.5, 0.6) is 0 Å². The Kier molecular flexibility index (Phi) is 25.5. The van der Waals surface area contributed by atoms with E-state index in [0.717, 1.165) is 93.7 Å². The second-order valence-electron chi connectivity index (χ2n) is 12.7. The summed E-state index contributed by atoms with van der Waals surface area (Å²) in [5.74, 6) is 1.51. The zero-order valence-electron chi connectivity index (χ0n) is 32.4. The Balaban J connectivity index is 2.67. The lowest BCUT2D eigenvalue weighted by Crippen LogP contribution is -2.34. The smallest absolute Gasteiger partial charge is 0.234 e. The minimum absolute atomic E-state index is 0.299. The zero-order valence-corrected chi connectivity index (χ0v) is 32.4. The van der Waals surface area contributed by atoms with E-state index in [2.05, 4.69) is 53.7 Å². The fourth-order valence-electron chi connectivity index (χ4n) is 4.75. The molecule has 0 amide bonds.